The monoisotopic (exact) mass is 503 g/mol. The van der Waals surface area contributed by atoms with E-state index in [1.807, 2.05) is 6.92 Å². The first-order valence-corrected chi connectivity index (χ1v) is 11.0. The summed E-state index contributed by atoms with van der Waals surface area (Å²) in [6.07, 6.45) is 1.42. The molecule has 0 fully saturated rings. The van der Waals surface area contributed by atoms with E-state index < -0.39 is 15.7 Å². The van der Waals surface area contributed by atoms with Gasteiger partial charge in [-0.3, -0.25) is 4.72 Å². The van der Waals surface area contributed by atoms with E-state index in [9.17, 15) is 13.2 Å². The van der Waals surface area contributed by atoms with Gasteiger partial charge in [-0.05, 0) is 50.4 Å². The van der Waals surface area contributed by atoms with Crippen LogP contribution in [0.3, 0.4) is 0 Å². The Hall–Kier alpha value is -1.72. The van der Waals surface area contributed by atoms with Crippen molar-refractivity contribution in [3.63, 3.8) is 0 Å². The lowest BCUT2D eigenvalue weighted by Crippen LogP contribution is -2.18. The highest BCUT2D eigenvalue weighted by atomic mass is 79.9. The highest BCUT2D eigenvalue weighted by Crippen LogP contribution is 2.28. The van der Waals surface area contributed by atoms with E-state index in [0.717, 1.165) is 6.42 Å². The van der Waals surface area contributed by atoms with E-state index >= 15 is 0 Å². The smallest absolute Gasteiger partial charge is 0.284 e. The van der Waals surface area contributed by atoms with Crippen LogP contribution in [0.25, 0.3) is 16.9 Å². The van der Waals surface area contributed by atoms with E-state index in [2.05, 4.69) is 51.8 Å². The molecule has 138 valence electrons. The Morgan fingerprint density at radius 3 is 2.58 bits per heavy atom. The number of anilines is 1. The van der Waals surface area contributed by atoms with E-state index in [1.54, 1.807) is 24.3 Å². The van der Waals surface area contributed by atoms with Crippen LogP contribution in [-0.4, -0.2) is 33.8 Å². The number of hydrogen-bond donors (Lipinski definition) is 2. The fourth-order valence-corrected chi connectivity index (χ4v) is 4.41. The summed E-state index contributed by atoms with van der Waals surface area (Å²) in [7, 11) is -3.36. The number of halogens is 2. The molecule has 0 saturated heterocycles. The largest absolute Gasteiger partial charge is 0.348 e. The molecule has 1 aromatic carbocycles. The maximum absolute atomic E-state index is 12.0. The van der Waals surface area contributed by atoms with Crippen LogP contribution in [0.5, 0.6) is 0 Å². The van der Waals surface area contributed by atoms with Crippen molar-refractivity contribution in [3.8, 4) is 11.3 Å². The standard InChI is InChI=1S/C15H15Br2N5O3S/c1-2-3-8-26(24,25)21-10-6-4-9(5-7-10)11-14-18-12(16)13(17)22(14)15(23)20-19-11/h4-7,21H,2-3,8H2,1H3,(H,20,23). The Balaban J connectivity index is 1.95. The molecular weight excluding hydrogens is 490 g/mol. The molecule has 0 atom stereocenters. The van der Waals surface area contributed by atoms with Gasteiger partial charge in [0.2, 0.25) is 10.0 Å². The summed E-state index contributed by atoms with van der Waals surface area (Å²) in [5.74, 6) is 0.0868. The summed E-state index contributed by atoms with van der Waals surface area (Å²) in [6, 6.07) is 6.73. The second-order valence-corrected chi connectivity index (χ2v) is 8.93. The minimum absolute atomic E-state index is 0.0868. The number of rotatable bonds is 6. The molecule has 0 aliphatic heterocycles. The number of nitrogens with one attached hydrogen (secondary N) is 2. The molecule has 3 aromatic rings. The van der Waals surface area contributed by atoms with Crippen LogP contribution in [0.15, 0.2) is 38.3 Å². The summed E-state index contributed by atoms with van der Waals surface area (Å²) >= 11 is 6.58. The van der Waals surface area contributed by atoms with Gasteiger partial charge in [0.05, 0.1) is 5.75 Å². The molecular formula is C15H15Br2N5O3S. The number of fused-ring (bicyclic) bond motifs is 1. The average Bonchev–Trinajstić information content (AvgIpc) is 2.90. The Bertz CT molecular complexity index is 1110. The quantitative estimate of drug-likeness (QED) is 0.535. The third kappa shape index (κ3) is 3.84. The molecule has 0 bridgehead atoms. The van der Waals surface area contributed by atoms with Crippen molar-refractivity contribution < 1.29 is 8.42 Å². The van der Waals surface area contributed by atoms with Gasteiger partial charge in [-0.2, -0.15) is 5.10 Å². The number of H-pyrrole nitrogens is 1. The maximum Gasteiger partial charge on any atom is 0.348 e. The number of unbranched alkanes of at least 4 members (excludes halogenated alkanes) is 1. The van der Waals surface area contributed by atoms with Gasteiger partial charge in [-0.1, -0.05) is 25.5 Å². The number of aromatic amines is 1. The van der Waals surface area contributed by atoms with Gasteiger partial charge in [0.15, 0.2) is 5.65 Å². The second-order valence-electron chi connectivity index (χ2n) is 5.58. The Kier molecular flexibility index (Phi) is 5.49. The van der Waals surface area contributed by atoms with Crippen molar-refractivity contribution in [2.24, 2.45) is 0 Å². The van der Waals surface area contributed by atoms with Crippen LogP contribution < -0.4 is 10.4 Å². The van der Waals surface area contributed by atoms with E-state index in [4.69, 9.17) is 0 Å². The first-order valence-electron chi connectivity index (χ1n) is 7.75. The van der Waals surface area contributed by atoms with Gasteiger partial charge in [0, 0.05) is 11.3 Å². The van der Waals surface area contributed by atoms with Crippen molar-refractivity contribution >= 4 is 53.2 Å². The van der Waals surface area contributed by atoms with Crippen LogP contribution in [0, 0.1) is 0 Å². The average molecular weight is 505 g/mol. The first-order chi connectivity index (χ1) is 12.3. The zero-order chi connectivity index (χ0) is 18.9. The van der Waals surface area contributed by atoms with Crippen molar-refractivity contribution in [2.75, 3.05) is 10.5 Å². The third-order valence-electron chi connectivity index (χ3n) is 3.66. The third-order valence-corrected chi connectivity index (χ3v) is 6.85. The molecule has 0 aliphatic carbocycles. The van der Waals surface area contributed by atoms with E-state index in [0.29, 0.717) is 38.2 Å². The second kappa shape index (κ2) is 7.49. The fraction of sp³-hybridized carbons (Fsp3) is 0.267. The molecule has 8 nitrogen and oxygen atoms in total. The predicted octanol–water partition coefficient (Wildman–Crippen LogP) is 3.15. The molecule has 3 rings (SSSR count). The van der Waals surface area contributed by atoms with Crippen LogP contribution in [0.2, 0.25) is 0 Å². The van der Waals surface area contributed by atoms with E-state index in [1.165, 1.54) is 4.40 Å². The molecule has 2 N–H and O–H groups in total. The van der Waals surface area contributed by atoms with Gasteiger partial charge in [-0.25, -0.2) is 27.7 Å². The van der Waals surface area contributed by atoms with Gasteiger partial charge < -0.3 is 0 Å². The normalized spacial score (nSPS) is 11.8. The van der Waals surface area contributed by atoms with Crippen molar-refractivity contribution in [2.45, 2.75) is 19.8 Å². The van der Waals surface area contributed by atoms with Gasteiger partial charge >= 0.3 is 5.69 Å². The molecule has 0 radical (unpaired) electrons. The first kappa shape index (κ1) is 19.1. The van der Waals surface area contributed by atoms with Gasteiger partial charge in [-0.15, -0.1) is 0 Å². The van der Waals surface area contributed by atoms with Gasteiger partial charge in [0.1, 0.15) is 14.9 Å². The summed E-state index contributed by atoms with van der Waals surface area (Å²) in [6.45, 7) is 1.94. The maximum atomic E-state index is 12.0. The summed E-state index contributed by atoms with van der Waals surface area (Å²) in [5.41, 5.74) is 1.58. The molecule has 2 aromatic heterocycles. The van der Waals surface area contributed by atoms with Crippen molar-refractivity contribution in [3.05, 3.63) is 44.0 Å². The highest BCUT2D eigenvalue weighted by Gasteiger charge is 2.16. The summed E-state index contributed by atoms with van der Waals surface area (Å²) in [4.78, 5) is 16.3. The molecule has 0 saturated carbocycles. The summed E-state index contributed by atoms with van der Waals surface area (Å²) < 4.78 is 28.8. The molecule has 0 spiro atoms. The predicted molar refractivity (Wildman–Crippen MR) is 107 cm³/mol. The zero-order valence-electron chi connectivity index (χ0n) is 13.7. The zero-order valence-corrected chi connectivity index (χ0v) is 17.6. The molecule has 0 amide bonds. The van der Waals surface area contributed by atoms with Crippen molar-refractivity contribution in [1.29, 1.82) is 0 Å². The fourth-order valence-electron chi connectivity index (χ4n) is 2.38. The van der Waals surface area contributed by atoms with Crippen LogP contribution in [-0.2, 0) is 10.0 Å². The minimum atomic E-state index is -3.36. The number of nitrogens with zero attached hydrogens (tertiary/aromatic N) is 3. The lowest BCUT2D eigenvalue weighted by molar-refractivity contribution is 0.598. The van der Waals surface area contributed by atoms with Crippen LogP contribution in [0.4, 0.5) is 5.69 Å². The van der Waals surface area contributed by atoms with Crippen LogP contribution >= 0.6 is 31.9 Å². The molecule has 26 heavy (non-hydrogen) atoms. The Labute approximate surface area is 166 Å². The number of hydrogen-bond acceptors (Lipinski definition) is 5. The lowest BCUT2D eigenvalue weighted by atomic mass is 10.1. The molecule has 2 heterocycles. The Morgan fingerprint density at radius 1 is 1.23 bits per heavy atom. The number of benzene rings is 1. The number of imidazole rings is 1. The SMILES string of the molecule is CCCCS(=O)(=O)Nc1ccc(-c2n[nH]c(=O)n3c(Br)c(Br)nc23)cc1. The highest BCUT2D eigenvalue weighted by molar-refractivity contribution is 9.13. The van der Waals surface area contributed by atoms with Crippen molar-refractivity contribution in [1.82, 2.24) is 19.6 Å². The summed E-state index contributed by atoms with van der Waals surface area (Å²) in [5, 5.41) is 6.50. The van der Waals surface area contributed by atoms with Crippen LogP contribution in [0.1, 0.15) is 19.8 Å². The Morgan fingerprint density at radius 2 is 1.92 bits per heavy atom. The molecule has 11 heteroatoms. The number of aromatic nitrogens is 4. The minimum Gasteiger partial charge on any atom is -0.284 e. The topological polar surface area (TPSA) is 109 Å². The lowest BCUT2D eigenvalue weighted by Gasteiger charge is -2.08. The van der Waals surface area contributed by atoms with E-state index in [-0.39, 0.29) is 5.75 Å². The molecule has 0 unspecified atom stereocenters. The molecule has 0 aliphatic rings. The van der Waals surface area contributed by atoms with Gasteiger partial charge in [0.25, 0.3) is 0 Å². The number of sulfonamides is 1.